The lowest BCUT2D eigenvalue weighted by Crippen LogP contribution is -2.18. The molecule has 1 unspecified atom stereocenters. The van der Waals surface area contributed by atoms with Crippen molar-refractivity contribution >= 4 is 26.7 Å². The highest BCUT2D eigenvalue weighted by molar-refractivity contribution is 7.92. The molecule has 26 heavy (non-hydrogen) atoms. The van der Waals surface area contributed by atoms with Gasteiger partial charge < -0.3 is 4.98 Å². The smallest absolute Gasteiger partial charge is 0.232 e. The van der Waals surface area contributed by atoms with Crippen molar-refractivity contribution in [2.75, 3.05) is 10.5 Å². The molecule has 0 saturated heterocycles. The van der Waals surface area contributed by atoms with Crippen molar-refractivity contribution in [2.45, 2.75) is 19.5 Å². The average Bonchev–Trinajstić information content (AvgIpc) is 3.01. The van der Waals surface area contributed by atoms with Crippen LogP contribution in [0.4, 0.5) is 18.9 Å². The minimum atomic E-state index is -3.81. The van der Waals surface area contributed by atoms with Crippen LogP contribution in [0.1, 0.15) is 30.6 Å². The Kier molecular flexibility index (Phi) is 4.86. The van der Waals surface area contributed by atoms with Crippen molar-refractivity contribution in [1.29, 1.82) is 0 Å². The van der Waals surface area contributed by atoms with Crippen LogP contribution in [0, 0.1) is 11.6 Å². The summed E-state index contributed by atoms with van der Waals surface area (Å²) in [6, 6.07) is 1.74. The average molecular weight is 384 g/mol. The summed E-state index contributed by atoms with van der Waals surface area (Å²) in [6.07, 6.45) is 1.96. The summed E-state index contributed by atoms with van der Waals surface area (Å²) in [4.78, 5) is 10.4. The van der Waals surface area contributed by atoms with E-state index in [4.69, 9.17) is 0 Å². The zero-order valence-corrected chi connectivity index (χ0v) is 14.4. The number of hydrogen-bond donors (Lipinski definition) is 2. The number of fused-ring (bicyclic) bond motifs is 1. The predicted octanol–water partition coefficient (Wildman–Crippen LogP) is 3.45. The van der Waals surface area contributed by atoms with Gasteiger partial charge in [-0.1, -0.05) is 6.92 Å². The highest BCUT2D eigenvalue weighted by Crippen LogP contribution is 2.36. The number of nitrogens with one attached hydrogen (secondary N) is 2. The summed E-state index contributed by atoms with van der Waals surface area (Å²) < 4.78 is 69.5. The van der Waals surface area contributed by atoms with E-state index in [-0.39, 0.29) is 16.7 Å². The first-order valence-electron chi connectivity index (χ1n) is 7.73. The molecule has 6 nitrogen and oxygen atoms in total. The van der Waals surface area contributed by atoms with Crippen molar-refractivity contribution in [3.8, 4) is 0 Å². The van der Waals surface area contributed by atoms with Crippen LogP contribution in [0.5, 0.6) is 0 Å². The third kappa shape index (κ3) is 3.36. The Morgan fingerprint density at radius 1 is 1.31 bits per heavy atom. The fourth-order valence-electron chi connectivity index (χ4n) is 2.61. The van der Waals surface area contributed by atoms with Gasteiger partial charge in [-0.2, -0.15) is 0 Å². The van der Waals surface area contributed by atoms with Gasteiger partial charge in [0.2, 0.25) is 10.0 Å². The maximum atomic E-state index is 15.0. The number of alkyl halides is 1. The lowest BCUT2D eigenvalue weighted by molar-refractivity contribution is 0.374. The van der Waals surface area contributed by atoms with Gasteiger partial charge >= 0.3 is 0 Å². The second-order valence-corrected chi connectivity index (χ2v) is 7.48. The fourth-order valence-corrected chi connectivity index (χ4v) is 3.74. The van der Waals surface area contributed by atoms with Crippen LogP contribution < -0.4 is 4.72 Å². The van der Waals surface area contributed by atoms with Crippen molar-refractivity contribution < 1.29 is 21.6 Å². The van der Waals surface area contributed by atoms with Gasteiger partial charge in [-0.3, -0.25) is 4.72 Å². The van der Waals surface area contributed by atoms with Gasteiger partial charge in [0, 0.05) is 23.3 Å². The second-order valence-electron chi connectivity index (χ2n) is 5.64. The molecule has 138 valence electrons. The van der Waals surface area contributed by atoms with E-state index in [1.165, 1.54) is 18.7 Å². The van der Waals surface area contributed by atoms with Crippen LogP contribution in [0.15, 0.2) is 30.9 Å². The van der Waals surface area contributed by atoms with Crippen LogP contribution in [0.2, 0.25) is 0 Å². The summed E-state index contributed by atoms with van der Waals surface area (Å²) in [5, 5.41) is 0.274. The highest BCUT2D eigenvalue weighted by atomic mass is 32.2. The number of nitrogens with zero attached hydrogens (tertiary/aromatic N) is 2. The molecule has 2 aromatic heterocycles. The number of rotatable bonds is 6. The number of aromatic nitrogens is 3. The van der Waals surface area contributed by atoms with E-state index in [0.717, 1.165) is 12.1 Å². The number of hydrogen-bond acceptors (Lipinski definition) is 4. The first kappa shape index (κ1) is 18.2. The third-order valence-electron chi connectivity index (χ3n) is 3.78. The monoisotopic (exact) mass is 384 g/mol. The Morgan fingerprint density at radius 3 is 2.81 bits per heavy atom. The maximum absolute atomic E-state index is 15.0. The minimum absolute atomic E-state index is 0.0491. The second kappa shape index (κ2) is 6.94. The van der Waals surface area contributed by atoms with Gasteiger partial charge in [0.25, 0.3) is 0 Å². The predicted molar refractivity (Wildman–Crippen MR) is 90.9 cm³/mol. The quantitative estimate of drug-likeness (QED) is 0.681. The summed E-state index contributed by atoms with van der Waals surface area (Å²) in [7, 11) is -3.81. The Morgan fingerprint density at radius 2 is 2.08 bits per heavy atom. The van der Waals surface area contributed by atoms with E-state index < -0.39 is 39.1 Å². The lowest BCUT2D eigenvalue weighted by Gasteiger charge is -2.14. The standard InChI is InChI=1S/C16H15F3N4O2S/c1-2-5-26(24,25)23-12-4-3-11(17)13(15(12)19)14(18)9-7-21-16-10(9)6-20-8-22-16/h3-4,6-8,14,23H,2,5H2,1H3,(H,20,21,22). The van der Waals surface area contributed by atoms with E-state index in [1.807, 2.05) is 4.72 Å². The molecular formula is C16H15F3N4O2S. The fraction of sp³-hybridized carbons (Fsp3) is 0.250. The molecule has 2 heterocycles. The molecule has 3 aromatic rings. The highest BCUT2D eigenvalue weighted by Gasteiger charge is 2.27. The van der Waals surface area contributed by atoms with E-state index in [0.29, 0.717) is 12.1 Å². The number of benzene rings is 1. The SMILES string of the molecule is CCCS(=O)(=O)Nc1ccc(F)c(C(F)c2c[nH]c3ncncc23)c1F. The molecule has 0 aliphatic heterocycles. The number of halogens is 3. The summed E-state index contributed by atoms with van der Waals surface area (Å²) in [6.45, 7) is 1.64. The summed E-state index contributed by atoms with van der Waals surface area (Å²) in [5.74, 6) is -2.67. The molecule has 1 atom stereocenters. The molecule has 2 N–H and O–H groups in total. The maximum Gasteiger partial charge on any atom is 0.232 e. The van der Waals surface area contributed by atoms with Crippen LogP contribution in [0.25, 0.3) is 11.0 Å². The van der Waals surface area contributed by atoms with Gasteiger partial charge in [-0.05, 0) is 18.6 Å². The van der Waals surface area contributed by atoms with E-state index in [2.05, 4.69) is 15.0 Å². The van der Waals surface area contributed by atoms with Crippen molar-refractivity contribution in [3.05, 3.63) is 53.6 Å². The zero-order valence-electron chi connectivity index (χ0n) is 13.6. The molecule has 10 heteroatoms. The van der Waals surface area contributed by atoms with Crippen LogP contribution in [-0.4, -0.2) is 29.1 Å². The van der Waals surface area contributed by atoms with E-state index >= 15 is 0 Å². The molecule has 1 aromatic carbocycles. The van der Waals surface area contributed by atoms with Gasteiger partial charge in [0.05, 0.1) is 17.0 Å². The Hall–Kier alpha value is -2.62. The van der Waals surface area contributed by atoms with E-state index in [1.54, 1.807) is 6.92 Å². The number of sulfonamides is 1. The normalized spacial score (nSPS) is 13.1. The largest absolute Gasteiger partial charge is 0.346 e. The van der Waals surface area contributed by atoms with Crippen LogP contribution in [-0.2, 0) is 10.0 Å². The van der Waals surface area contributed by atoms with Crippen LogP contribution >= 0.6 is 0 Å². The molecule has 0 bridgehead atoms. The zero-order chi connectivity index (χ0) is 18.9. The van der Waals surface area contributed by atoms with Crippen molar-refractivity contribution in [1.82, 2.24) is 15.0 Å². The number of H-pyrrole nitrogens is 1. The van der Waals surface area contributed by atoms with E-state index in [9.17, 15) is 21.6 Å². The lowest BCUT2D eigenvalue weighted by atomic mass is 10.0. The molecular weight excluding hydrogens is 369 g/mol. The molecule has 0 aliphatic carbocycles. The molecule has 0 radical (unpaired) electrons. The molecule has 3 rings (SSSR count). The Balaban J connectivity index is 2.06. The number of anilines is 1. The van der Waals surface area contributed by atoms with Crippen molar-refractivity contribution in [2.24, 2.45) is 0 Å². The Bertz CT molecular complexity index is 1050. The molecule has 0 amide bonds. The van der Waals surface area contributed by atoms with Gasteiger partial charge in [0.1, 0.15) is 17.8 Å². The van der Waals surface area contributed by atoms with Gasteiger partial charge in [0.15, 0.2) is 12.0 Å². The first-order chi connectivity index (χ1) is 12.3. The molecule has 0 saturated carbocycles. The Labute approximate surface area is 147 Å². The summed E-state index contributed by atoms with van der Waals surface area (Å²) in [5.41, 5.74) is -1.12. The topological polar surface area (TPSA) is 87.7 Å². The number of aromatic amines is 1. The minimum Gasteiger partial charge on any atom is -0.346 e. The van der Waals surface area contributed by atoms with Gasteiger partial charge in [-0.25, -0.2) is 31.6 Å². The third-order valence-corrected chi connectivity index (χ3v) is 5.26. The van der Waals surface area contributed by atoms with Crippen LogP contribution in [0.3, 0.4) is 0 Å². The summed E-state index contributed by atoms with van der Waals surface area (Å²) >= 11 is 0. The molecule has 0 fully saturated rings. The molecule has 0 spiro atoms. The molecule has 0 aliphatic rings. The van der Waals surface area contributed by atoms with Gasteiger partial charge in [-0.15, -0.1) is 0 Å². The first-order valence-corrected chi connectivity index (χ1v) is 9.38. The van der Waals surface area contributed by atoms with Crippen molar-refractivity contribution in [3.63, 3.8) is 0 Å².